The summed E-state index contributed by atoms with van der Waals surface area (Å²) >= 11 is 1.77. The molecule has 0 unspecified atom stereocenters. The molecule has 2 heterocycles. The van der Waals surface area contributed by atoms with E-state index in [1.807, 2.05) is 12.4 Å². The smallest absolute Gasteiger partial charge is 0.0987 e. The standard InChI is InChI=1S/C9H11N3S/c1-2-8-5-11-9(13-8)3-7-4-10-6-12-7/h4-6H,2-3H2,1H3,(H,10,12). The molecule has 0 aliphatic carbocycles. The fourth-order valence-electron chi connectivity index (χ4n) is 1.14. The normalized spacial score (nSPS) is 10.5. The highest BCUT2D eigenvalue weighted by molar-refractivity contribution is 7.11. The number of H-pyrrole nitrogens is 1. The van der Waals surface area contributed by atoms with Gasteiger partial charge in [-0.2, -0.15) is 0 Å². The van der Waals surface area contributed by atoms with Crippen LogP contribution >= 0.6 is 11.3 Å². The number of rotatable bonds is 3. The van der Waals surface area contributed by atoms with Crippen molar-refractivity contribution in [2.24, 2.45) is 0 Å². The van der Waals surface area contributed by atoms with Crippen molar-refractivity contribution in [3.05, 3.63) is 34.3 Å². The first-order valence-corrected chi connectivity index (χ1v) is 5.11. The molecule has 0 aliphatic rings. The Morgan fingerprint density at radius 2 is 2.38 bits per heavy atom. The number of aromatic nitrogens is 3. The quantitative estimate of drug-likeness (QED) is 0.810. The first-order valence-electron chi connectivity index (χ1n) is 4.29. The Balaban J connectivity index is 2.10. The molecule has 0 aromatic carbocycles. The molecule has 4 heteroatoms. The van der Waals surface area contributed by atoms with Crippen molar-refractivity contribution in [3.63, 3.8) is 0 Å². The van der Waals surface area contributed by atoms with E-state index >= 15 is 0 Å². The third-order valence-corrected chi connectivity index (χ3v) is 2.99. The van der Waals surface area contributed by atoms with E-state index in [1.54, 1.807) is 17.7 Å². The Bertz CT molecular complexity index is 364. The van der Waals surface area contributed by atoms with Crippen molar-refractivity contribution in [1.29, 1.82) is 0 Å². The van der Waals surface area contributed by atoms with Crippen LogP contribution in [-0.4, -0.2) is 15.0 Å². The fourth-order valence-corrected chi connectivity index (χ4v) is 2.02. The summed E-state index contributed by atoms with van der Waals surface area (Å²) in [6, 6.07) is 0. The summed E-state index contributed by atoms with van der Waals surface area (Å²) in [4.78, 5) is 12.7. The number of hydrogen-bond donors (Lipinski definition) is 1. The van der Waals surface area contributed by atoms with E-state index in [-0.39, 0.29) is 0 Å². The van der Waals surface area contributed by atoms with Crippen molar-refractivity contribution in [2.45, 2.75) is 19.8 Å². The molecule has 2 rings (SSSR count). The van der Waals surface area contributed by atoms with Crippen molar-refractivity contribution in [1.82, 2.24) is 15.0 Å². The number of aromatic amines is 1. The van der Waals surface area contributed by atoms with Crippen molar-refractivity contribution in [3.8, 4) is 0 Å². The lowest BCUT2D eigenvalue weighted by Gasteiger charge is -1.89. The molecule has 0 amide bonds. The third-order valence-electron chi connectivity index (χ3n) is 1.85. The third kappa shape index (κ3) is 1.95. The topological polar surface area (TPSA) is 41.6 Å². The SMILES string of the molecule is CCc1cnc(Cc2cnc[nH]2)s1. The Morgan fingerprint density at radius 3 is 3.00 bits per heavy atom. The molecular weight excluding hydrogens is 182 g/mol. The predicted molar refractivity (Wildman–Crippen MR) is 52.9 cm³/mol. The van der Waals surface area contributed by atoms with Gasteiger partial charge in [-0.15, -0.1) is 11.3 Å². The molecule has 3 nitrogen and oxygen atoms in total. The molecule has 2 aromatic rings. The maximum absolute atomic E-state index is 4.33. The first-order chi connectivity index (χ1) is 6.38. The van der Waals surface area contributed by atoms with E-state index in [2.05, 4.69) is 21.9 Å². The highest BCUT2D eigenvalue weighted by Crippen LogP contribution is 2.15. The van der Waals surface area contributed by atoms with Crippen LogP contribution in [0.4, 0.5) is 0 Å². The Kier molecular flexibility index (Phi) is 2.40. The second-order valence-corrected chi connectivity index (χ2v) is 4.03. The zero-order chi connectivity index (χ0) is 9.10. The van der Waals surface area contributed by atoms with Gasteiger partial charge in [0, 0.05) is 29.4 Å². The van der Waals surface area contributed by atoms with Crippen molar-refractivity contribution >= 4 is 11.3 Å². The van der Waals surface area contributed by atoms with Gasteiger partial charge < -0.3 is 4.98 Å². The lowest BCUT2D eigenvalue weighted by molar-refractivity contribution is 1.07. The molecule has 0 spiro atoms. The van der Waals surface area contributed by atoms with Crippen LogP contribution in [0.5, 0.6) is 0 Å². The number of aryl methyl sites for hydroxylation is 1. The fraction of sp³-hybridized carbons (Fsp3) is 0.333. The van der Waals surface area contributed by atoms with Crippen LogP contribution in [0.1, 0.15) is 22.5 Å². The molecule has 0 saturated heterocycles. The minimum atomic E-state index is 0.866. The minimum absolute atomic E-state index is 0.866. The lowest BCUT2D eigenvalue weighted by Crippen LogP contribution is -1.85. The van der Waals surface area contributed by atoms with Crippen LogP contribution in [0.25, 0.3) is 0 Å². The summed E-state index contributed by atoms with van der Waals surface area (Å²) in [6.45, 7) is 2.15. The second kappa shape index (κ2) is 3.70. The van der Waals surface area contributed by atoms with E-state index in [0.717, 1.165) is 23.5 Å². The zero-order valence-corrected chi connectivity index (χ0v) is 8.27. The van der Waals surface area contributed by atoms with Crippen LogP contribution < -0.4 is 0 Å². The summed E-state index contributed by atoms with van der Waals surface area (Å²) in [7, 11) is 0. The van der Waals surface area contributed by atoms with Gasteiger partial charge in [0.05, 0.1) is 11.3 Å². The molecule has 0 fully saturated rings. The predicted octanol–water partition coefficient (Wildman–Crippen LogP) is 2.02. The minimum Gasteiger partial charge on any atom is -0.348 e. The van der Waals surface area contributed by atoms with Gasteiger partial charge in [-0.1, -0.05) is 6.92 Å². The van der Waals surface area contributed by atoms with E-state index < -0.39 is 0 Å². The Morgan fingerprint density at radius 1 is 1.46 bits per heavy atom. The highest BCUT2D eigenvalue weighted by Gasteiger charge is 2.02. The molecule has 0 bridgehead atoms. The van der Waals surface area contributed by atoms with Gasteiger partial charge >= 0.3 is 0 Å². The Hall–Kier alpha value is -1.16. The van der Waals surface area contributed by atoms with E-state index in [4.69, 9.17) is 0 Å². The van der Waals surface area contributed by atoms with Gasteiger partial charge in [-0.25, -0.2) is 9.97 Å². The molecule has 0 radical (unpaired) electrons. The molecule has 68 valence electrons. The average Bonchev–Trinajstić information content (AvgIpc) is 2.76. The van der Waals surface area contributed by atoms with Crippen LogP contribution in [0.2, 0.25) is 0 Å². The van der Waals surface area contributed by atoms with Crippen LogP contribution in [0.3, 0.4) is 0 Å². The average molecular weight is 193 g/mol. The van der Waals surface area contributed by atoms with Crippen molar-refractivity contribution < 1.29 is 0 Å². The zero-order valence-electron chi connectivity index (χ0n) is 7.45. The van der Waals surface area contributed by atoms with Crippen LogP contribution in [0, 0.1) is 0 Å². The van der Waals surface area contributed by atoms with E-state index in [1.165, 1.54) is 4.88 Å². The molecule has 0 atom stereocenters. The molecule has 2 aromatic heterocycles. The summed E-state index contributed by atoms with van der Waals surface area (Å²) in [5.41, 5.74) is 1.12. The highest BCUT2D eigenvalue weighted by atomic mass is 32.1. The lowest BCUT2D eigenvalue weighted by atomic mass is 10.3. The molecular formula is C9H11N3S. The summed E-state index contributed by atoms with van der Waals surface area (Å²) in [6.07, 6.45) is 7.43. The summed E-state index contributed by atoms with van der Waals surface area (Å²) in [5, 5.41) is 1.15. The first kappa shape index (κ1) is 8.44. The van der Waals surface area contributed by atoms with Gasteiger partial charge in [-0.3, -0.25) is 0 Å². The molecule has 1 N–H and O–H groups in total. The maximum Gasteiger partial charge on any atom is 0.0987 e. The number of imidazole rings is 1. The number of nitrogens with one attached hydrogen (secondary N) is 1. The van der Waals surface area contributed by atoms with Crippen LogP contribution in [0.15, 0.2) is 18.7 Å². The van der Waals surface area contributed by atoms with E-state index in [0.29, 0.717) is 0 Å². The maximum atomic E-state index is 4.33. The molecule has 0 aliphatic heterocycles. The van der Waals surface area contributed by atoms with Gasteiger partial charge in [-0.05, 0) is 6.42 Å². The van der Waals surface area contributed by atoms with Gasteiger partial charge in [0.1, 0.15) is 0 Å². The monoisotopic (exact) mass is 193 g/mol. The largest absolute Gasteiger partial charge is 0.348 e. The van der Waals surface area contributed by atoms with Crippen LogP contribution in [-0.2, 0) is 12.8 Å². The second-order valence-electron chi connectivity index (χ2n) is 2.83. The van der Waals surface area contributed by atoms with Gasteiger partial charge in [0.2, 0.25) is 0 Å². The number of hydrogen-bond acceptors (Lipinski definition) is 3. The van der Waals surface area contributed by atoms with Crippen molar-refractivity contribution in [2.75, 3.05) is 0 Å². The summed E-state index contributed by atoms with van der Waals surface area (Å²) in [5.74, 6) is 0. The summed E-state index contributed by atoms with van der Waals surface area (Å²) < 4.78 is 0. The van der Waals surface area contributed by atoms with Gasteiger partial charge in [0.15, 0.2) is 0 Å². The molecule has 0 saturated carbocycles. The Labute approximate surface area is 80.9 Å². The van der Waals surface area contributed by atoms with E-state index in [9.17, 15) is 0 Å². The number of thiazole rings is 1. The van der Waals surface area contributed by atoms with Gasteiger partial charge in [0.25, 0.3) is 0 Å². The number of nitrogens with zero attached hydrogens (tertiary/aromatic N) is 2. The molecule has 13 heavy (non-hydrogen) atoms.